The minimum Gasteiger partial charge on any atom is -0.454 e. The van der Waals surface area contributed by atoms with Gasteiger partial charge in [0.25, 0.3) is 0 Å². The average Bonchev–Trinajstić information content (AvgIpc) is 3.03. The van der Waals surface area contributed by atoms with E-state index in [4.69, 9.17) is 21.7 Å². The van der Waals surface area contributed by atoms with Gasteiger partial charge in [0.2, 0.25) is 6.79 Å². The summed E-state index contributed by atoms with van der Waals surface area (Å²) in [7, 11) is 2.06. The van der Waals surface area contributed by atoms with Crippen molar-refractivity contribution < 1.29 is 9.47 Å². The molecule has 1 aliphatic heterocycles. The number of anilines is 2. The highest BCUT2D eigenvalue weighted by Crippen LogP contribution is 2.34. The molecule has 0 bridgehead atoms. The molecule has 1 aliphatic rings. The Kier molecular flexibility index (Phi) is 4.83. The molecule has 23 heavy (non-hydrogen) atoms. The lowest BCUT2D eigenvalue weighted by molar-refractivity contribution is 0.174. The van der Waals surface area contributed by atoms with E-state index in [-0.39, 0.29) is 6.79 Å². The fraction of sp³-hybridized carbons (Fsp3) is 0.235. The van der Waals surface area contributed by atoms with Gasteiger partial charge in [-0.1, -0.05) is 18.2 Å². The van der Waals surface area contributed by atoms with Crippen molar-refractivity contribution in [2.45, 2.75) is 0 Å². The van der Waals surface area contributed by atoms with E-state index < -0.39 is 0 Å². The van der Waals surface area contributed by atoms with Crippen molar-refractivity contribution in [3.8, 4) is 11.5 Å². The molecule has 1 heterocycles. The summed E-state index contributed by atoms with van der Waals surface area (Å²) >= 11 is 5.32. The van der Waals surface area contributed by atoms with Crippen molar-refractivity contribution in [2.75, 3.05) is 37.1 Å². The van der Waals surface area contributed by atoms with Gasteiger partial charge in [0.15, 0.2) is 16.6 Å². The zero-order chi connectivity index (χ0) is 16.1. The highest BCUT2D eigenvalue weighted by Gasteiger charge is 2.13. The molecule has 2 aromatic rings. The van der Waals surface area contributed by atoms with Crippen LogP contribution in [0.25, 0.3) is 0 Å². The van der Waals surface area contributed by atoms with Crippen LogP contribution in [-0.4, -0.2) is 32.0 Å². The zero-order valence-corrected chi connectivity index (χ0v) is 13.7. The predicted molar refractivity (Wildman–Crippen MR) is 96.5 cm³/mol. The van der Waals surface area contributed by atoms with Gasteiger partial charge in [0.05, 0.1) is 0 Å². The van der Waals surface area contributed by atoms with Crippen LogP contribution >= 0.6 is 12.2 Å². The largest absolute Gasteiger partial charge is 0.454 e. The van der Waals surface area contributed by atoms with E-state index in [1.807, 2.05) is 36.4 Å². The lowest BCUT2D eigenvalue weighted by atomic mass is 10.3. The van der Waals surface area contributed by atoms with E-state index in [0.717, 1.165) is 30.3 Å². The Bertz CT molecular complexity index is 679. The summed E-state index contributed by atoms with van der Waals surface area (Å²) in [4.78, 5) is 2.18. The predicted octanol–water partition coefficient (Wildman–Crippen LogP) is 2.84. The molecule has 3 rings (SSSR count). The second-order valence-corrected chi connectivity index (χ2v) is 5.61. The van der Waals surface area contributed by atoms with E-state index >= 15 is 0 Å². The van der Waals surface area contributed by atoms with E-state index in [1.54, 1.807) is 0 Å². The molecule has 0 radical (unpaired) electrons. The molecule has 0 amide bonds. The van der Waals surface area contributed by atoms with Gasteiger partial charge < -0.3 is 25.0 Å². The maximum Gasteiger partial charge on any atom is 0.231 e. The van der Waals surface area contributed by atoms with Crippen molar-refractivity contribution in [1.82, 2.24) is 5.32 Å². The minimum atomic E-state index is 0.271. The standard InChI is InChI=1S/C17H19N3O2S/c1-20(14-5-3-2-4-6-14)10-9-18-17(23)19-13-7-8-15-16(11-13)22-12-21-15/h2-8,11H,9-10,12H2,1H3,(H2,18,19,23). The van der Waals surface area contributed by atoms with Crippen LogP contribution in [0.2, 0.25) is 0 Å². The highest BCUT2D eigenvalue weighted by atomic mass is 32.1. The first kappa shape index (κ1) is 15.4. The quantitative estimate of drug-likeness (QED) is 0.823. The summed E-state index contributed by atoms with van der Waals surface area (Å²) in [5, 5.41) is 6.95. The number of fused-ring (bicyclic) bond motifs is 1. The molecule has 0 unspecified atom stereocenters. The summed E-state index contributed by atoms with van der Waals surface area (Å²) in [5.74, 6) is 1.50. The Morgan fingerprint density at radius 1 is 1.13 bits per heavy atom. The second-order valence-electron chi connectivity index (χ2n) is 5.21. The lowest BCUT2D eigenvalue weighted by Crippen LogP contribution is -2.35. The van der Waals surface area contributed by atoms with Gasteiger partial charge in [-0.25, -0.2) is 0 Å². The number of nitrogens with zero attached hydrogens (tertiary/aromatic N) is 1. The lowest BCUT2D eigenvalue weighted by Gasteiger charge is -2.20. The molecule has 2 aromatic carbocycles. The first-order chi connectivity index (χ1) is 11.2. The van der Waals surface area contributed by atoms with Gasteiger partial charge in [0.1, 0.15) is 0 Å². The van der Waals surface area contributed by atoms with E-state index in [9.17, 15) is 0 Å². The van der Waals surface area contributed by atoms with Crippen LogP contribution in [0.1, 0.15) is 0 Å². The Labute approximate surface area is 141 Å². The first-order valence-electron chi connectivity index (χ1n) is 7.43. The molecule has 0 saturated carbocycles. The summed E-state index contributed by atoms with van der Waals surface area (Å²) in [6.07, 6.45) is 0. The molecule has 0 atom stereocenters. The number of ether oxygens (including phenoxy) is 2. The Hall–Kier alpha value is -2.47. The molecular formula is C17H19N3O2S. The van der Waals surface area contributed by atoms with Crippen molar-refractivity contribution in [1.29, 1.82) is 0 Å². The van der Waals surface area contributed by atoms with Crippen LogP contribution in [0.15, 0.2) is 48.5 Å². The molecular weight excluding hydrogens is 310 g/mol. The Morgan fingerprint density at radius 3 is 2.74 bits per heavy atom. The second kappa shape index (κ2) is 7.19. The number of para-hydroxylation sites is 1. The van der Waals surface area contributed by atoms with Crippen molar-refractivity contribution in [3.63, 3.8) is 0 Å². The van der Waals surface area contributed by atoms with Crippen LogP contribution < -0.4 is 25.0 Å². The summed E-state index contributed by atoms with van der Waals surface area (Å²) in [5.41, 5.74) is 2.06. The summed E-state index contributed by atoms with van der Waals surface area (Å²) in [6, 6.07) is 15.9. The normalized spacial score (nSPS) is 11.9. The third-order valence-electron chi connectivity index (χ3n) is 3.56. The molecule has 0 saturated heterocycles. The molecule has 120 valence electrons. The highest BCUT2D eigenvalue weighted by molar-refractivity contribution is 7.80. The van der Waals surface area contributed by atoms with Crippen LogP contribution in [0.3, 0.4) is 0 Å². The van der Waals surface area contributed by atoms with Crippen molar-refractivity contribution in [3.05, 3.63) is 48.5 Å². The smallest absolute Gasteiger partial charge is 0.231 e. The van der Waals surface area contributed by atoms with Crippen molar-refractivity contribution in [2.24, 2.45) is 0 Å². The van der Waals surface area contributed by atoms with Gasteiger partial charge in [-0.15, -0.1) is 0 Å². The number of hydrogen-bond donors (Lipinski definition) is 2. The topological polar surface area (TPSA) is 45.8 Å². The fourth-order valence-corrected chi connectivity index (χ4v) is 2.52. The van der Waals surface area contributed by atoms with Gasteiger partial charge >= 0.3 is 0 Å². The molecule has 0 aromatic heterocycles. The maximum absolute atomic E-state index is 5.35. The Balaban J connectivity index is 1.45. The zero-order valence-electron chi connectivity index (χ0n) is 12.9. The monoisotopic (exact) mass is 329 g/mol. The molecule has 5 nitrogen and oxygen atoms in total. The van der Waals surface area contributed by atoms with Crippen LogP contribution in [-0.2, 0) is 0 Å². The van der Waals surface area contributed by atoms with Gasteiger partial charge in [-0.3, -0.25) is 0 Å². The summed E-state index contributed by atoms with van der Waals surface area (Å²) < 4.78 is 10.6. The third kappa shape index (κ3) is 4.04. The molecule has 0 aliphatic carbocycles. The number of likely N-dealkylation sites (N-methyl/N-ethyl adjacent to an activating group) is 1. The van der Waals surface area contributed by atoms with Crippen LogP contribution in [0, 0.1) is 0 Å². The fourth-order valence-electron chi connectivity index (χ4n) is 2.30. The van der Waals surface area contributed by atoms with Gasteiger partial charge in [0, 0.05) is 37.6 Å². The molecule has 0 fully saturated rings. The number of rotatable bonds is 5. The van der Waals surface area contributed by atoms with Crippen LogP contribution in [0.5, 0.6) is 11.5 Å². The third-order valence-corrected chi connectivity index (χ3v) is 3.81. The number of thiocarbonyl (C=S) groups is 1. The number of benzene rings is 2. The maximum atomic E-state index is 5.35. The van der Waals surface area contributed by atoms with E-state index in [2.05, 4.69) is 34.7 Å². The van der Waals surface area contributed by atoms with Crippen molar-refractivity contribution >= 4 is 28.7 Å². The number of nitrogens with one attached hydrogen (secondary N) is 2. The SMILES string of the molecule is CN(CCNC(=S)Nc1ccc2c(c1)OCO2)c1ccccc1. The van der Waals surface area contributed by atoms with Gasteiger partial charge in [-0.2, -0.15) is 0 Å². The van der Waals surface area contributed by atoms with Gasteiger partial charge in [-0.05, 0) is 36.5 Å². The summed E-state index contributed by atoms with van der Waals surface area (Å²) in [6.45, 7) is 1.88. The molecule has 0 spiro atoms. The molecule has 6 heteroatoms. The van der Waals surface area contributed by atoms with Crippen LogP contribution in [0.4, 0.5) is 11.4 Å². The van der Waals surface area contributed by atoms with E-state index in [1.165, 1.54) is 5.69 Å². The first-order valence-corrected chi connectivity index (χ1v) is 7.84. The molecule has 2 N–H and O–H groups in total. The number of hydrogen-bond acceptors (Lipinski definition) is 4. The minimum absolute atomic E-state index is 0.271. The van der Waals surface area contributed by atoms with E-state index in [0.29, 0.717) is 5.11 Å². The average molecular weight is 329 g/mol. The Morgan fingerprint density at radius 2 is 1.91 bits per heavy atom.